The van der Waals surface area contributed by atoms with Crippen molar-refractivity contribution >= 4 is 23.1 Å². The average molecular weight is 390 g/mol. The van der Waals surface area contributed by atoms with Crippen LogP contribution in [-0.2, 0) is 11.2 Å². The first-order valence-corrected chi connectivity index (χ1v) is 9.62. The topological polar surface area (TPSA) is 40.5 Å². The Balaban J connectivity index is 1.72. The summed E-state index contributed by atoms with van der Waals surface area (Å²) in [6, 6.07) is 26.7. The molecular formula is C24H20ClNO2. The summed E-state index contributed by atoms with van der Waals surface area (Å²) in [6.45, 7) is 0.510. The van der Waals surface area contributed by atoms with Gasteiger partial charge in [-0.3, -0.25) is 4.79 Å². The van der Waals surface area contributed by atoms with Gasteiger partial charge >= 0.3 is 0 Å². The van der Waals surface area contributed by atoms with Crippen LogP contribution in [0.2, 0.25) is 5.02 Å². The van der Waals surface area contributed by atoms with Gasteiger partial charge in [-0.1, -0.05) is 84.4 Å². The molecule has 0 bridgehead atoms. The minimum absolute atomic E-state index is 0.181. The maximum atomic E-state index is 13.0. The maximum Gasteiger partial charge on any atom is 0.289 e. The van der Waals surface area contributed by atoms with Crippen molar-refractivity contribution in [1.29, 1.82) is 0 Å². The lowest BCUT2D eigenvalue weighted by molar-refractivity contribution is -0.129. The van der Waals surface area contributed by atoms with E-state index in [0.717, 1.165) is 16.7 Å². The fraction of sp³-hybridized carbons (Fsp3) is 0.125. The van der Waals surface area contributed by atoms with Crippen molar-refractivity contribution < 1.29 is 9.90 Å². The molecule has 0 aromatic heterocycles. The Morgan fingerprint density at radius 2 is 1.46 bits per heavy atom. The van der Waals surface area contributed by atoms with E-state index in [-0.39, 0.29) is 17.7 Å². The molecule has 140 valence electrons. The third-order valence-electron chi connectivity index (χ3n) is 5.06. The van der Waals surface area contributed by atoms with Crippen molar-refractivity contribution in [2.45, 2.75) is 12.5 Å². The largest absolute Gasteiger partial charge is 0.503 e. The zero-order valence-corrected chi connectivity index (χ0v) is 16.0. The number of halogens is 1. The van der Waals surface area contributed by atoms with Crippen LogP contribution in [0.4, 0.5) is 0 Å². The Hall–Kier alpha value is -3.04. The molecule has 0 saturated heterocycles. The zero-order valence-electron chi connectivity index (χ0n) is 15.3. The van der Waals surface area contributed by atoms with E-state index in [1.165, 1.54) is 0 Å². The van der Waals surface area contributed by atoms with E-state index in [4.69, 9.17) is 11.6 Å². The van der Waals surface area contributed by atoms with Gasteiger partial charge in [-0.05, 0) is 35.2 Å². The highest BCUT2D eigenvalue weighted by Crippen LogP contribution is 2.43. The van der Waals surface area contributed by atoms with Crippen molar-refractivity contribution in [3.63, 3.8) is 0 Å². The maximum absolute atomic E-state index is 13.0. The molecule has 1 heterocycles. The SMILES string of the molecule is O=C1C(O)=C(c2ccccc2)[C@H](c2ccc(Cl)cc2)N1CCc1ccccc1. The number of carbonyl (C=O) groups excluding carboxylic acids is 1. The number of aliphatic hydroxyl groups is 1. The van der Waals surface area contributed by atoms with E-state index >= 15 is 0 Å². The summed E-state index contributed by atoms with van der Waals surface area (Å²) in [7, 11) is 0. The number of aliphatic hydroxyl groups excluding tert-OH is 1. The first-order valence-electron chi connectivity index (χ1n) is 9.24. The molecule has 0 unspecified atom stereocenters. The fourth-order valence-corrected chi connectivity index (χ4v) is 3.81. The van der Waals surface area contributed by atoms with Crippen LogP contribution in [0, 0.1) is 0 Å². The van der Waals surface area contributed by atoms with E-state index in [1.54, 1.807) is 4.90 Å². The van der Waals surface area contributed by atoms with E-state index in [9.17, 15) is 9.90 Å². The van der Waals surface area contributed by atoms with Gasteiger partial charge in [0, 0.05) is 17.1 Å². The minimum atomic E-state index is -0.351. The molecule has 0 radical (unpaired) electrons. The summed E-state index contributed by atoms with van der Waals surface area (Å²) < 4.78 is 0. The van der Waals surface area contributed by atoms with Gasteiger partial charge in [0.1, 0.15) is 0 Å². The van der Waals surface area contributed by atoms with Crippen LogP contribution in [0.15, 0.2) is 90.7 Å². The number of benzene rings is 3. The molecule has 0 spiro atoms. The van der Waals surface area contributed by atoms with Gasteiger partial charge in [-0.15, -0.1) is 0 Å². The van der Waals surface area contributed by atoms with Crippen LogP contribution in [0.3, 0.4) is 0 Å². The van der Waals surface area contributed by atoms with Crippen LogP contribution in [0.1, 0.15) is 22.7 Å². The number of hydrogen-bond acceptors (Lipinski definition) is 2. The van der Waals surface area contributed by atoms with Gasteiger partial charge in [-0.25, -0.2) is 0 Å². The molecular weight excluding hydrogens is 370 g/mol. The molecule has 3 aromatic carbocycles. The third-order valence-corrected chi connectivity index (χ3v) is 5.31. The third kappa shape index (κ3) is 3.54. The van der Waals surface area contributed by atoms with Gasteiger partial charge in [0.2, 0.25) is 0 Å². The van der Waals surface area contributed by atoms with Gasteiger partial charge in [0.25, 0.3) is 5.91 Å². The summed E-state index contributed by atoms with van der Waals surface area (Å²) in [5, 5.41) is 11.4. The predicted molar refractivity (Wildman–Crippen MR) is 112 cm³/mol. The highest BCUT2D eigenvalue weighted by molar-refractivity contribution is 6.30. The number of rotatable bonds is 5. The lowest BCUT2D eigenvalue weighted by Gasteiger charge is -2.27. The Kier molecular flexibility index (Phi) is 5.18. The summed E-state index contributed by atoms with van der Waals surface area (Å²) in [4.78, 5) is 14.7. The van der Waals surface area contributed by atoms with Gasteiger partial charge in [-0.2, -0.15) is 0 Å². The molecule has 1 aliphatic heterocycles. The second kappa shape index (κ2) is 7.91. The molecule has 1 amide bonds. The van der Waals surface area contributed by atoms with Gasteiger partial charge in [0.05, 0.1) is 6.04 Å². The fourth-order valence-electron chi connectivity index (χ4n) is 3.68. The van der Waals surface area contributed by atoms with Crippen LogP contribution >= 0.6 is 11.6 Å². The number of carbonyl (C=O) groups is 1. The zero-order chi connectivity index (χ0) is 19.5. The molecule has 3 nitrogen and oxygen atoms in total. The van der Waals surface area contributed by atoms with Gasteiger partial charge in [0.15, 0.2) is 5.76 Å². The molecule has 4 heteroatoms. The second-order valence-corrected chi connectivity index (χ2v) is 7.25. The number of amides is 1. The Morgan fingerprint density at radius 3 is 2.11 bits per heavy atom. The highest BCUT2D eigenvalue weighted by Gasteiger charge is 2.40. The minimum Gasteiger partial charge on any atom is -0.503 e. The number of nitrogens with zero attached hydrogens (tertiary/aromatic N) is 1. The average Bonchev–Trinajstić information content (AvgIpc) is 2.99. The normalized spacial score (nSPS) is 16.7. The molecule has 0 aliphatic carbocycles. The standard InChI is InChI=1S/C24H20ClNO2/c25-20-13-11-19(12-14-20)22-21(18-9-5-2-6-10-18)23(27)24(28)26(22)16-15-17-7-3-1-4-8-17/h1-14,22,27H,15-16H2/t22-/m0/s1. The monoisotopic (exact) mass is 389 g/mol. The quantitative estimate of drug-likeness (QED) is 0.631. The molecule has 1 aliphatic rings. The van der Waals surface area contributed by atoms with Crippen molar-refractivity contribution in [2.75, 3.05) is 6.54 Å². The molecule has 4 rings (SSSR count). The lowest BCUT2D eigenvalue weighted by Crippen LogP contribution is -2.32. The summed E-state index contributed by atoms with van der Waals surface area (Å²) in [5.74, 6) is -0.519. The molecule has 0 saturated carbocycles. The highest BCUT2D eigenvalue weighted by atomic mass is 35.5. The lowest BCUT2D eigenvalue weighted by atomic mass is 9.93. The van der Waals surface area contributed by atoms with Gasteiger partial charge < -0.3 is 10.0 Å². The van der Waals surface area contributed by atoms with Crippen LogP contribution < -0.4 is 0 Å². The van der Waals surface area contributed by atoms with E-state index < -0.39 is 0 Å². The Morgan fingerprint density at radius 1 is 0.857 bits per heavy atom. The van der Waals surface area contributed by atoms with Crippen molar-refractivity contribution in [1.82, 2.24) is 4.90 Å². The Bertz CT molecular complexity index is 998. The smallest absolute Gasteiger partial charge is 0.289 e. The molecule has 1 atom stereocenters. The van der Waals surface area contributed by atoms with Crippen LogP contribution in [-0.4, -0.2) is 22.5 Å². The van der Waals surface area contributed by atoms with Crippen LogP contribution in [0.5, 0.6) is 0 Å². The molecule has 28 heavy (non-hydrogen) atoms. The number of hydrogen-bond donors (Lipinski definition) is 1. The van der Waals surface area contributed by atoms with Crippen molar-refractivity contribution in [3.8, 4) is 0 Å². The predicted octanol–water partition coefficient (Wildman–Crippen LogP) is 5.44. The summed E-state index contributed by atoms with van der Waals surface area (Å²) in [6.07, 6.45) is 0.714. The van der Waals surface area contributed by atoms with Crippen molar-refractivity contribution in [2.24, 2.45) is 0 Å². The summed E-state index contributed by atoms with van der Waals surface area (Å²) in [5.41, 5.74) is 3.56. The molecule has 0 fully saturated rings. The first kappa shape index (κ1) is 18.3. The van der Waals surface area contributed by atoms with E-state index in [1.807, 2.05) is 84.9 Å². The molecule has 1 N–H and O–H groups in total. The van der Waals surface area contributed by atoms with E-state index in [2.05, 4.69) is 0 Å². The van der Waals surface area contributed by atoms with E-state index in [0.29, 0.717) is 23.6 Å². The first-order chi connectivity index (χ1) is 13.6. The van der Waals surface area contributed by atoms with Crippen molar-refractivity contribution in [3.05, 3.63) is 112 Å². The Labute approximate surface area is 169 Å². The van der Waals surface area contributed by atoms with Crippen LogP contribution in [0.25, 0.3) is 5.57 Å². The molecule has 3 aromatic rings. The second-order valence-electron chi connectivity index (χ2n) is 6.82. The summed E-state index contributed by atoms with van der Waals surface area (Å²) >= 11 is 6.06.